The molecule has 0 fully saturated rings. The zero-order valence-corrected chi connectivity index (χ0v) is 17.2. The van der Waals surface area contributed by atoms with E-state index in [1.165, 1.54) is 29.7 Å². The lowest BCUT2D eigenvalue weighted by Gasteiger charge is -2.20. The summed E-state index contributed by atoms with van der Waals surface area (Å²) in [6.07, 6.45) is 7.25. The molecule has 0 aliphatic rings. The molecule has 146 valence electrons. The summed E-state index contributed by atoms with van der Waals surface area (Å²) in [4.78, 5) is 25.3. The van der Waals surface area contributed by atoms with Crippen LogP contribution in [0.15, 0.2) is 42.5 Å². The number of hydrogen-bond donors (Lipinski definition) is 1. The lowest BCUT2D eigenvalue weighted by Crippen LogP contribution is -2.20. The van der Waals surface area contributed by atoms with Crippen molar-refractivity contribution in [3.63, 3.8) is 0 Å². The molecular formula is C23H30O3S. The van der Waals surface area contributed by atoms with Gasteiger partial charge < -0.3 is 5.11 Å². The van der Waals surface area contributed by atoms with Crippen molar-refractivity contribution in [3.05, 3.63) is 57.8 Å². The quantitative estimate of drug-likeness (QED) is 0.351. The molecule has 27 heavy (non-hydrogen) atoms. The lowest BCUT2D eigenvalue weighted by atomic mass is 9.84. The molecule has 1 aromatic carbocycles. The van der Waals surface area contributed by atoms with Crippen molar-refractivity contribution >= 4 is 23.1 Å². The van der Waals surface area contributed by atoms with Crippen LogP contribution >= 0.6 is 11.3 Å². The Morgan fingerprint density at radius 3 is 2.22 bits per heavy atom. The Morgan fingerprint density at radius 2 is 1.56 bits per heavy atom. The summed E-state index contributed by atoms with van der Waals surface area (Å²) >= 11 is 1.56. The molecule has 0 saturated heterocycles. The third-order valence-corrected chi connectivity index (χ3v) is 5.87. The van der Waals surface area contributed by atoms with Crippen molar-refractivity contribution in [2.75, 3.05) is 0 Å². The minimum Gasteiger partial charge on any atom is -0.481 e. The smallest absolute Gasteiger partial charge is 0.303 e. The van der Waals surface area contributed by atoms with E-state index in [1.807, 2.05) is 26.0 Å². The molecular weight excluding hydrogens is 356 g/mol. The number of carbonyl (C=O) groups excluding carboxylic acids is 1. The third kappa shape index (κ3) is 8.08. The molecule has 0 radical (unpaired) electrons. The van der Waals surface area contributed by atoms with Gasteiger partial charge in [-0.15, -0.1) is 11.3 Å². The first-order chi connectivity index (χ1) is 12.9. The number of ketones is 1. The number of aryl methyl sites for hydroxylation is 2. The van der Waals surface area contributed by atoms with Crippen molar-refractivity contribution in [1.82, 2.24) is 0 Å². The molecule has 0 atom stereocenters. The predicted molar refractivity (Wildman–Crippen MR) is 112 cm³/mol. The van der Waals surface area contributed by atoms with Gasteiger partial charge in [-0.25, -0.2) is 0 Å². The van der Waals surface area contributed by atoms with Crippen LogP contribution in [0.25, 0.3) is 0 Å². The minimum absolute atomic E-state index is 0.0138. The van der Waals surface area contributed by atoms with Gasteiger partial charge in [0.2, 0.25) is 0 Å². The third-order valence-electron chi connectivity index (χ3n) is 4.69. The van der Waals surface area contributed by atoms with E-state index < -0.39 is 11.4 Å². The van der Waals surface area contributed by atoms with Gasteiger partial charge in [-0.05, 0) is 48.8 Å². The zero-order chi connectivity index (χ0) is 19.7. The minimum atomic E-state index is -0.855. The second-order valence-electron chi connectivity index (χ2n) is 8.00. The molecule has 4 heteroatoms. The molecule has 2 rings (SSSR count). The molecule has 2 aromatic rings. The highest BCUT2D eigenvalue weighted by atomic mass is 32.1. The van der Waals surface area contributed by atoms with Gasteiger partial charge in [0.05, 0.1) is 11.3 Å². The maximum atomic E-state index is 12.4. The number of unbranched alkanes of at least 4 members (excludes halogenated alkanes) is 3. The van der Waals surface area contributed by atoms with E-state index in [0.717, 1.165) is 24.1 Å². The van der Waals surface area contributed by atoms with Gasteiger partial charge in [-0.3, -0.25) is 9.59 Å². The Balaban J connectivity index is 1.68. The van der Waals surface area contributed by atoms with Crippen LogP contribution in [0.5, 0.6) is 0 Å². The predicted octanol–water partition coefficient (Wildman–Crippen LogP) is 6.17. The maximum Gasteiger partial charge on any atom is 0.303 e. The van der Waals surface area contributed by atoms with E-state index in [4.69, 9.17) is 5.11 Å². The molecule has 0 bridgehead atoms. The Kier molecular flexibility index (Phi) is 8.23. The fourth-order valence-corrected chi connectivity index (χ4v) is 4.27. The van der Waals surface area contributed by atoms with Crippen LogP contribution in [0.2, 0.25) is 0 Å². The SMILES string of the molecule is CC(C)(CC(=O)O)CC(=O)c1ccc(CCCCCCc2ccccc2)s1. The number of aliphatic carboxylic acids is 1. The van der Waals surface area contributed by atoms with E-state index in [2.05, 4.69) is 30.3 Å². The fourth-order valence-electron chi connectivity index (χ4n) is 3.28. The number of carbonyl (C=O) groups is 2. The molecule has 0 unspecified atom stereocenters. The molecule has 1 heterocycles. The summed E-state index contributed by atoms with van der Waals surface area (Å²) in [5.74, 6) is -0.799. The number of thiophene rings is 1. The van der Waals surface area contributed by atoms with Crippen LogP contribution in [-0.2, 0) is 17.6 Å². The first-order valence-electron chi connectivity index (χ1n) is 9.73. The summed E-state index contributed by atoms with van der Waals surface area (Å²) < 4.78 is 0. The second kappa shape index (κ2) is 10.4. The zero-order valence-electron chi connectivity index (χ0n) is 16.4. The molecule has 0 aliphatic carbocycles. The van der Waals surface area contributed by atoms with Gasteiger partial charge >= 0.3 is 5.97 Å². The topological polar surface area (TPSA) is 54.4 Å². The van der Waals surface area contributed by atoms with E-state index in [-0.39, 0.29) is 18.6 Å². The Bertz CT molecular complexity index is 731. The van der Waals surface area contributed by atoms with Crippen LogP contribution in [-0.4, -0.2) is 16.9 Å². The summed E-state index contributed by atoms with van der Waals surface area (Å²) in [6.45, 7) is 3.67. The molecule has 0 aliphatic heterocycles. The van der Waals surface area contributed by atoms with Crippen LogP contribution in [0.3, 0.4) is 0 Å². The average Bonchev–Trinajstić information content (AvgIpc) is 3.06. The Labute approximate surface area is 166 Å². The monoisotopic (exact) mass is 386 g/mol. The molecule has 1 N–H and O–H groups in total. The van der Waals surface area contributed by atoms with Gasteiger partial charge in [0, 0.05) is 11.3 Å². The van der Waals surface area contributed by atoms with Crippen molar-refractivity contribution < 1.29 is 14.7 Å². The lowest BCUT2D eigenvalue weighted by molar-refractivity contribution is -0.139. The van der Waals surface area contributed by atoms with Crippen molar-refractivity contribution in [2.45, 2.75) is 65.2 Å². The van der Waals surface area contributed by atoms with E-state index >= 15 is 0 Å². The van der Waals surface area contributed by atoms with Gasteiger partial charge in [-0.1, -0.05) is 57.0 Å². The maximum absolute atomic E-state index is 12.4. The van der Waals surface area contributed by atoms with Crippen LogP contribution in [0, 0.1) is 5.41 Å². The molecule has 3 nitrogen and oxygen atoms in total. The van der Waals surface area contributed by atoms with E-state index in [0.29, 0.717) is 0 Å². The highest BCUT2D eigenvalue weighted by Gasteiger charge is 2.26. The Hall–Kier alpha value is -1.94. The van der Waals surface area contributed by atoms with Gasteiger partial charge in [0.25, 0.3) is 0 Å². The molecule has 0 amide bonds. The number of hydrogen-bond acceptors (Lipinski definition) is 3. The average molecular weight is 387 g/mol. The standard InChI is InChI=1S/C23H30O3S/c1-23(2,17-22(25)26)16-20(24)21-15-14-19(27-21)13-9-4-3-6-10-18-11-7-5-8-12-18/h5,7-8,11-12,14-15H,3-4,6,9-10,13,16-17H2,1-2H3,(H,25,26). The summed E-state index contributed by atoms with van der Waals surface area (Å²) in [7, 11) is 0. The first-order valence-corrected chi connectivity index (χ1v) is 10.5. The summed E-state index contributed by atoms with van der Waals surface area (Å²) in [6, 6.07) is 14.5. The highest BCUT2D eigenvalue weighted by Crippen LogP contribution is 2.29. The summed E-state index contributed by atoms with van der Waals surface area (Å²) in [5, 5.41) is 8.95. The normalized spacial score (nSPS) is 11.5. The van der Waals surface area contributed by atoms with Gasteiger partial charge in [-0.2, -0.15) is 0 Å². The second-order valence-corrected chi connectivity index (χ2v) is 9.17. The largest absolute Gasteiger partial charge is 0.481 e. The molecule has 1 aromatic heterocycles. The van der Waals surface area contributed by atoms with Crippen molar-refractivity contribution in [3.8, 4) is 0 Å². The van der Waals surface area contributed by atoms with Crippen molar-refractivity contribution in [1.29, 1.82) is 0 Å². The van der Waals surface area contributed by atoms with Crippen LogP contribution in [0.4, 0.5) is 0 Å². The first kappa shape index (κ1) is 21.4. The number of carboxylic acid groups (broad SMARTS) is 1. The van der Waals surface area contributed by atoms with E-state index in [1.54, 1.807) is 11.3 Å². The highest BCUT2D eigenvalue weighted by molar-refractivity contribution is 7.14. The number of Topliss-reactive ketones (excluding diaryl/α,β-unsaturated/α-hetero) is 1. The number of rotatable bonds is 12. The number of carboxylic acids is 1. The van der Waals surface area contributed by atoms with E-state index in [9.17, 15) is 9.59 Å². The van der Waals surface area contributed by atoms with Crippen molar-refractivity contribution in [2.24, 2.45) is 5.41 Å². The molecule has 0 spiro atoms. The van der Waals surface area contributed by atoms with Crippen LogP contribution in [0.1, 0.15) is 72.5 Å². The number of benzene rings is 1. The fraction of sp³-hybridized carbons (Fsp3) is 0.478. The van der Waals surface area contributed by atoms with Crippen LogP contribution < -0.4 is 0 Å². The molecule has 0 saturated carbocycles. The summed E-state index contributed by atoms with van der Waals surface area (Å²) in [5.41, 5.74) is 0.899. The van der Waals surface area contributed by atoms with Gasteiger partial charge in [0.1, 0.15) is 0 Å². The van der Waals surface area contributed by atoms with Gasteiger partial charge in [0.15, 0.2) is 5.78 Å². The Morgan fingerprint density at radius 1 is 0.889 bits per heavy atom.